The highest BCUT2D eigenvalue weighted by Crippen LogP contribution is 1.82. The number of aliphatic hydroxyl groups is 2. The molecule has 0 atom stereocenters. The highest BCUT2D eigenvalue weighted by Gasteiger charge is 1.97. The molecule has 0 heterocycles. The summed E-state index contributed by atoms with van der Waals surface area (Å²) in [5, 5.41) is 15.8. The van der Waals surface area contributed by atoms with E-state index in [1.807, 2.05) is 0 Å². The normalized spacial score (nSPS) is 10.0. The average Bonchev–Trinajstić information content (AvgIpc) is 2.16. The van der Waals surface area contributed by atoms with Gasteiger partial charge >= 0.3 is 0 Å². The lowest BCUT2D eigenvalue weighted by Crippen LogP contribution is -2.10. The minimum Gasteiger partial charge on any atom is -0.388 e. The lowest BCUT2D eigenvalue weighted by molar-refractivity contribution is 0.111. The summed E-state index contributed by atoms with van der Waals surface area (Å²) in [6, 6.07) is 0. The Hall–Kier alpha value is -0.360. The zero-order valence-corrected chi connectivity index (χ0v) is 6.39. The molecule has 76 valence electrons. The van der Waals surface area contributed by atoms with Crippen molar-refractivity contribution < 1.29 is 27.8 Å². The van der Waals surface area contributed by atoms with Gasteiger partial charge in [-0.25, -0.2) is 17.6 Å². The lowest BCUT2D eigenvalue weighted by atomic mass is 10.4. The Bertz CT molecular complexity index is 65.9. The summed E-state index contributed by atoms with van der Waals surface area (Å²) in [4.78, 5) is 0. The molecule has 0 bridgehead atoms. The molecule has 0 amide bonds. The van der Waals surface area contributed by atoms with Crippen LogP contribution in [-0.2, 0) is 0 Å². The van der Waals surface area contributed by atoms with Crippen molar-refractivity contribution in [2.45, 2.75) is 12.2 Å². The first-order valence-electron chi connectivity index (χ1n) is 3.22. The molecule has 0 saturated heterocycles. The molecular formula is C6H12F4O2. The van der Waals surface area contributed by atoms with Crippen molar-refractivity contribution in [3.63, 3.8) is 0 Å². The fourth-order valence-electron chi connectivity index (χ4n) is 0.0825. The van der Waals surface area contributed by atoms with Crippen molar-refractivity contribution in [2.24, 2.45) is 0 Å². The molecule has 0 aliphatic heterocycles. The van der Waals surface area contributed by atoms with E-state index in [-0.39, 0.29) is 0 Å². The molecule has 2 N–H and O–H groups in total. The van der Waals surface area contributed by atoms with Gasteiger partial charge in [0.15, 0.2) is 0 Å². The van der Waals surface area contributed by atoms with Crippen LogP contribution in [-0.4, -0.2) is 49.1 Å². The van der Waals surface area contributed by atoms with E-state index >= 15 is 0 Å². The number of alkyl halides is 4. The first-order chi connectivity index (χ1) is 5.62. The third-order valence-electron chi connectivity index (χ3n) is 0.712. The second-order valence-corrected chi connectivity index (χ2v) is 1.92. The van der Waals surface area contributed by atoms with E-state index < -0.39 is 38.9 Å². The third kappa shape index (κ3) is 12.3. The minimum absolute atomic E-state index is 0.990. The van der Waals surface area contributed by atoms with Crippen LogP contribution in [0.5, 0.6) is 0 Å². The predicted octanol–water partition coefficient (Wildman–Crippen LogP) is 0.573. The van der Waals surface area contributed by atoms with Crippen LogP contribution in [0.3, 0.4) is 0 Å². The van der Waals surface area contributed by atoms with Crippen molar-refractivity contribution >= 4 is 0 Å². The molecule has 0 unspecified atom stereocenters. The van der Waals surface area contributed by atoms with E-state index in [0.29, 0.717) is 0 Å². The monoisotopic (exact) mass is 192 g/mol. The van der Waals surface area contributed by atoms with E-state index in [0.717, 1.165) is 0 Å². The maximum Gasteiger partial charge on any atom is 0.118 e. The largest absolute Gasteiger partial charge is 0.388 e. The third-order valence-corrected chi connectivity index (χ3v) is 0.712. The quantitative estimate of drug-likeness (QED) is 0.639. The molecule has 12 heavy (non-hydrogen) atoms. The van der Waals surface area contributed by atoms with Gasteiger partial charge in [0, 0.05) is 0 Å². The van der Waals surface area contributed by atoms with E-state index in [9.17, 15) is 17.6 Å². The van der Waals surface area contributed by atoms with Crippen LogP contribution in [0.15, 0.2) is 0 Å². The van der Waals surface area contributed by atoms with Crippen LogP contribution >= 0.6 is 0 Å². The van der Waals surface area contributed by atoms with E-state index in [4.69, 9.17) is 10.2 Å². The summed E-state index contributed by atoms with van der Waals surface area (Å²) in [6.45, 7) is -3.96. The summed E-state index contributed by atoms with van der Waals surface area (Å²) >= 11 is 0. The molecule has 0 aromatic rings. The van der Waals surface area contributed by atoms with Crippen molar-refractivity contribution in [1.82, 2.24) is 0 Å². The number of halogens is 4. The van der Waals surface area contributed by atoms with Gasteiger partial charge in [0.1, 0.15) is 38.9 Å². The Morgan fingerprint density at radius 3 is 0.833 bits per heavy atom. The Kier molecular flexibility index (Phi) is 12.6. The first kappa shape index (κ1) is 14.2. The topological polar surface area (TPSA) is 40.5 Å². The van der Waals surface area contributed by atoms with Crippen LogP contribution in [0.4, 0.5) is 17.6 Å². The van der Waals surface area contributed by atoms with Crippen LogP contribution in [0, 0.1) is 0 Å². The molecule has 0 aromatic heterocycles. The Balaban J connectivity index is 0. The van der Waals surface area contributed by atoms with E-state index in [2.05, 4.69) is 0 Å². The Labute approximate surface area is 67.8 Å². The summed E-state index contributed by atoms with van der Waals surface area (Å²) < 4.78 is 43.6. The molecule has 0 rings (SSSR count). The van der Waals surface area contributed by atoms with Crippen molar-refractivity contribution in [3.8, 4) is 0 Å². The number of rotatable bonds is 4. The van der Waals surface area contributed by atoms with Gasteiger partial charge in [-0.3, -0.25) is 0 Å². The molecule has 0 fully saturated rings. The fraction of sp³-hybridized carbons (Fsp3) is 1.00. The summed E-state index contributed by atoms with van der Waals surface area (Å²) in [6.07, 6.45) is -2.80. The second kappa shape index (κ2) is 10.6. The van der Waals surface area contributed by atoms with Crippen LogP contribution in [0.2, 0.25) is 0 Å². The zero-order chi connectivity index (χ0) is 9.98. The zero-order valence-electron chi connectivity index (χ0n) is 6.39. The minimum atomic E-state index is -1.40. The number of aliphatic hydroxyl groups excluding tert-OH is 2. The Morgan fingerprint density at radius 2 is 0.833 bits per heavy atom. The van der Waals surface area contributed by atoms with Crippen LogP contribution in [0.1, 0.15) is 0 Å². The van der Waals surface area contributed by atoms with Gasteiger partial charge in [-0.2, -0.15) is 0 Å². The van der Waals surface area contributed by atoms with Gasteiger partial charge in [-0.1, -0.05) is 0 Å². The number of hydrogen-bond acceptors (Lipinski definition) is 2. The van der Waals surface area contributed by atoms with Gasteiger partial charge in [0.2, 0.25) is 0 Å². The van der Waals surface area contributed by atoms with Gasteiger partial charge in [0.25, 0.3) is 0 Å². The SMILES string of the molecule is OC(CF)CF.OC(CF)CF. The van der Waals surface area contributed by atoms with Gasteiger partial charge in [0.05, 0.1) is 0 Å². The molecule has 0 aliphatic carbocycles. The van der Waals surface area contributed by atoms with Crippen molar-refractivity contribution in [3.05, 3.63) is 0 Å². The Morgan fingerprint density at radius 1 is 0.667 bits per heavy atom. The summed E-state index contributed by atoms with van der Waals surface area (Å²) in [5.74, 6) is 0. The summed E-state index contributed by atoms with van der Waals surface area (Å²) in [5.41, 5.74) is 0. The molecule has 0 radical (unpaired) electrons. The predicted molar refractivity (Wildman–Crippen MR) is 35.9 cm³/mol. The standard InChI is InChI=1S/2C3H6F2O/c2*4-1-3(6)2-5/h2*3,6H,1-2H2. The molecular weight excluding hydrogens is 180 g/mol. The molecule has 6 heteroatoms. The highest BCUT2D eigenvalue weighted by molar-refractivity contribution is 4.45. The van der Waals surface area contributed by atoms with Gasteiger partial charge in [-0.15, -0.1) is 0 Å². The number of hydrogen-bond donors (Lipinski definition) is 2. The molecule has 0 aliphatic rings. The molecule has 0 spiro atoms. The van der Waals surface area contributed by atoms with Crippen molar-refractivity contribution in [2.75, 3.05) is 26.7 Å². The second-order valence-electron chi connectivity index (χ2n) is 1.92. The van der Waals surface area contributed by atoms with Gasteiger partial charge in [-0.05, 0) is 0 Å². The fourth-order valence-corrected chi connectivity index (χ4v) is 0.0825. The van der Waals surface area contributed by atoms with E-state index in [1.54, 1.807) is 0 Å². The average molecular weight is 192 g/mol. The van der Waals surface area contributed by atoms with Gasteiger partial charge < -0.3 is 10.2 Å². The lowest BCUT2D eigenvalue weighted by Gasteiger charge is -1.92. The first-order valence-corrected chi connectivity index (χ1v) is 3.22. The van der Waals surface area contributed by atoms with E-state index in [1.165, 1.54) is 0 Å². The van der Waals surface area contributed by atoms with Crippen LogP contribution < -0.4 is 0 Å². The van der Waals surface area contributed by atoms with Crippen LogP contribution in [0.25, 0.3) is 0 Å². The van der Waals surface area contributed by atoms with Crippen molar-refractivity contribution in [1.29, 1.82) is 0 Å². The molecule has 2 nitrogen and oxygen atoms in total. The highest BCUT2D eigenvalue weighted by atomic mass is 19.1. The smallest absolute Gasteiger partial charge is 0.118 e. The maximum absolute atomic E-state index is 10.9. The molecule has 0 saturated carbocycles. The maximum atomic E-state index is 10.9. The summed E-state index contributed by atoms with van der Waals surface area (Å²) in [7, 11) is 0. The molecule has 0 aromatic carbocycles.